The van der Waals surface area contributed by atoms with Crippen molar-refractivity contribution in [2.75, 3.05) is 13.2 Å². The molecule has 0 saturated carbocycles. The van der Waals surface area contributed by atoms with Gasteiger partial charge in [-0.25, -0.2) is 4.98 Å². The van der Waals surface area contributed by atoms with Gasteiger partial charge in [0.15, 0.2) is 5.96 Å². The summed E-state index contributed by atoms with van der Waals surface area (Å²) in [4.78, 5) is 33.1. The Labute approximate surface area is 212 Å². The first-order valence-corrected chi connectivity index (χ1v) is 11.6. The molecular weight excluding hydrogens is 491 g/mol. The van der Waals surface area contributed by atoms with E-state index in [9.17, 15) is 9.59 Å². The first-order valence-electron chi connectivity index (χ1n) is 10.9. The number of carbonyl (C=O) groups is 2. The lowest BCUT2D eigenvalue weighted by Gasteiger charge is -2.16. The van der Waals surface area contributed by atoms with E-state index >= 15 is 0 Å². The van der Waals surface area contributed by atoms with Gasteiger partial charge in [0.2, 0.25) is 5.91 Å². The van der Waals surface area contributed by atoms with Crippen LogP contribution in [0.15, 0.2) is 53.5 Å². The minimum absolute atomic E-state index is 0.0455. The molecule has 0 fully saturated rings. The predicted octanol–water partition coefficient (Wildman–Crippen LogP) is 2.80. The summed E-state index contributed by atoms with van der Waals surface area (Å²) in [5.41, 5.74) is 17.6. The van der Waals surface area contributed by atoms with Crippen LogP contribution >= 0.6 is 23.2 Å². The average molecular weight is 517 g/mol. The van der Waals surface area contributed by atoms with E-state index in [1.54, 1.807) is 24.3 Å². The molecule has 1 heterocycles. The maximum absolute atomic E-state index is 12.9. The monoisotopic (exact) mass is 516 g/mol. The molecule has 35 heavy (non-hydrogen) atoms. The number of guanidine groups is 1. The molecule has 11 heteroatoms. The number of ether oxygens (including phenoxy) is 1. The number of primary amides is 1. The Kier molecular flexibility index (Phi) is 9.11. The van der Waals surface area contributed by atoms with Crippen LogP contribution in [-0.2, 0) is 11.2 Å². The number of nitrogens with one attached hydrogen (secondary N) is 1. The second kappa shape index (κ2) is 12.2. The van der Waals surface area contributed by atoms with Crippen LogP contribution in [0, 0.1) is 0 Å². The van der Waals surface area contributed by atoms with Gasteiger partial charge in [-0.3, -0.25) is 14.6 Å². The number of carbonyl (C=O) groups excluding carboxylic acids is 2. The number of nitrogens with two attached hydrogens (primary N) is 3. The summed E-state index contributed by atoms with van der Waals surface area (Å²) in [7, 11) is 0. The number of amides is 2. The lowest BCUT2D eigenvalue weighted by molar-refractivity contribution is -0.120. The number of pyridine rings is 1. The Morgan fingerprint density at radius 1 is 1.09 bits per heavy atom. The third-order valence-corrected chi connectivity index (χ3v) is 5.74. The van der Waals surface area contributed by atoms with Crippen LogP contribution in [0.5, 0.6) is 5.75 Å². The average Bonchev–Trinajstić information content (AvgIpc) is 2.81. The Bertz CT molecular complexity index is 1250. The SMILES string of the molecule is NC(=O)[C@H](CCCN=C(N)N)NC(=O)c1cc(OCCc2ccc(Cl)cc2Cl)c2ccccc2n1. The molecule has 3 rings (SSSR count). The van der Waals surface area contributed by atoms with E-state index in [2.05, 4.69) is 15.3 Å². The largest absolute Gasteiger partial charge is 0.492 e. The van der Waals surface area contributed by atoms with Crippen LogP contribution < -0.4 is 27.3 Å². The van der Waals surface area contributed by atoms with Crippen LogP contribution in [0.1, 0.15) is 28.9 Å². The number of halogens is 2. The number of nitrogens with zero attached hydrogens (tertiary/aromatic N) is 2. The van der Waals surface area contributed by atoms with Gasteiger partial charge in [0.25, 0.3) is 5.91 Å². The fraction of sp³-hybridized carbons (Fsp3) is 0.250. The van der Waals surface area contributed by atoms with Crippen LogP contribution in [0.3, 0.4) is 0 Å². The van der Waals surface area contributed by atoms with Crippen LogP contribution in [0.4, 0.5) is 0 Å². The summed E-state index contributed by atoms with van der Waals surface area (Å²) in [6.45, 7) is 0.622. The summed E-state index contributed by atoms with van der Waals surface area (Å²) in [6, 6.07) is 13.2. The van der Waals surface area contributed by atoms with Crippen molar-refractivity contribution in [1.82, 2.24) is 10.3 Å². The van der Waals surface area contributed by atoms with Gasteiger partial charge in [-0.15, -0.1) is 0 Å². The standard InChI is InChI=1S/C24H26Cl2N6O3/c25-15-8-7-14(17(26)12-15)9-11-35-21-13-20(31-18-5-2-1-4-16(18)21)23(34)32-19(22(27)33)6-3-10-30-24(28)29/h1-2,4-5,7-8,12-13,19H,3,6,9-11H2,(H2,27,33)(H,32,34)(H4,28,29,30)/t19-/m0/s1. The molecule has 1 aromatic heterocycles. The lowest BCUT2D eigenvalue weighted by Crippen LogP contribution is -2.44. The molecule has 2 amide bonds. The van der Waals surface area contributed by atoms with Crippen molar-refractivity contribution in [3.05, 3.63) is 69.8 Å². The molecule has 0 unspecified atom stereocenters. The number of hydrogen-bond acceptors (Lipinski definition) is 5. The van der Waals surface area contributed by atoms with Gasteiger partial charge in [-0.1, -0.05) is 41.4 Å². The minimum Gasteiger partial charge on any atom is -0.492 e. The third kappa shape index (κ3) is 7.46. The minimum atomic E-state index is -0.901. The number of fused-ring (bicyclic) bond motifs is 1. The summed E-state index contributed by atoms with van der Waals surface area (Å²) < 4.78 is 6.01. The zero-order chi connectivity index (χ0) is 25.4. The fourth-order valence-corrected chi connectivity index (χ4v) is 3.90. The van der Waals surface area contributed by atoms with Gasteiger partial charge < -0.3 is 27.3 Å². The molecule has 0 saturated heterocycles. The maximum atomic E-state index is 12.9. The van der Waals surface area contributed by atoms with Gasteiger partial charge in [0.1, 0.15) is 17.5 Å². The van der Waals surface area contributed by atoms with E-state index in [-0.39, 0.29) is 18.1 Å². The molecule has 2 aromatic carbocycles. The summed E-state index contributed by atoms with van der Waals surface area (Å²) in [5, 5.41) is 4.49. The molecule has 0 bridgehead atoms. The molecule has 0 aliphatic rings. The highest BCUT2D eigenvalue weighted by Crippen LogP contribution is 2.27. The molecule has 184 valence electrons. The molecule has 0 aliphatic carbocycles. The Morgan fingerprint density at radius 2 is 1.86 bits per heavy atom. The normalized spacial score (nSPS) is 11.6. The highest BCUT2D eigenvalue weighted by atomic mass is 35.5. The van der Waals surface area contributed by atoms with Crippen molar-refractivity contribution in [3.63, 3.8) is 0 Å². The quantitative estimate of drug-likeness (QED) is 0.174. The van der Waals surface area contributed by atoms with Gasteiger partial charge in [0.05, 0.1) is 12.1 Å². The third-order valence-electron chi connectivity index (χ3n) is 5.15. The molecule has 0 radical (unpaired) electrons. The van der Waals surface area contributed by atoms with Crippen molar-refractivity contribution in [3.8, 4) is 5.75 Å². The molecule has 0 aliphatic heterocycles. The fourth-order valence-electron chi connectivity index (χ4n) is 3.40. The van der Waals surface area contributed by atoms with E-state index in [4.69, 9.17) is 45.1 Å². The zero-order valence-corrected chi connectivity index (χ0v) is 20.4. The van der Waals surface area contributed by atoms with Crippen LogP contribution in [0.25, 0.3) is 10.9 Å². The summed E-state index contributed by atoms with van der Waals surface area (Å²) >= 11 is 12.2. The van der Waals surface area contributed by atoms with Crippen LogP contribution in [-0.4, -0.2) is 42.0 Å². The second-order valence-corrected chi connectivity index (χ2v) is 8.58. The lowest BCUT2D eigenvalue weighted by atomic mass is 10.1. The van der Waals surface area contributed by atoms with E-state index < -0.39 is 17.9 Å². The van der Waals surface area contributed by atoms with Gasteiger partial charge in [-0.05, 0) is 42.7 Å². The zero-order valence-electron chi connectivity index (χ0n) is 18.8. The first-order chi connectivity index (χ1) is 16.7. The number of para-hydroxylation sites is 1. The molecule has 3 aromatic rings. The molecule has 1 atom stereocenters. The first kappa shape index (κ1) is 26.1. The van der Waals surface area contributed by atoms with Crippen molar-refractivity contribution >= 4 is 51.9 Å². The van der Waals surface area contributed by atoms with Crippen molar-refractivity contribution < 1.29 is 14.3 Å². The number of rotatable bonds is 11. The van der Waals surface area contributed by atoms with E-state index in [0.29, 0.717) is 47.3 Å². The Balaban J connectivity index is 1.75. The van der Waals surface area contributed by atoms with Gasteiger partial charge in [0, 0.05) is 34.5 Å². The van der Waals surface area contributed by atoms with E-state index in [1.807, 2.05) is 24.3 Å². The Hall–Kier alpha value is -3.56. The van der Waals surface area contributed by atoms with Crippen molar-refractivity contribution in [2.24, 2.45) is 22.2 Å². The second-order valence-electron chi connectivity index (χ2n) is 7.73. The highest BCUT2D eigenvalue weighted by Gasteiger charge is 2.21. The van der Waals surface area contributed by atoms with Crippen molar-refractivity contribution in [2.45, 2.75) is 25.3 Å². The number of benzene rings is 2. The molecule has 0 spiro atoms. The van der Waals surface area contributed by atoms with E-state index in [1.165, 1.54) is 0 Å². The summed E-state index contributed by atoms with van der Waals surface area (Å²) in [6.07, 6.45) is 1.27. The van der Waals surface area contributed by atoms with Crippen molar-refractivity contribution in [1.29, 1.82) is 0 Å². The maximum Gasteiger partial charge on any atom is 0.270 e. The van der Waals surface area contributed by atoms with Gasteiger partial charge >= 0.3 is 0 Å². The topological polar surface area (TPSA) is 159 Å². The molecule has 7 N–H and O–H groups in total. The van der Waals surface area contributed by atoms with Gasteiger partial charge in [-0.2, -0.15) is 0 Å². The predicted molar refractivity (Wildman–Crippen MR) is 138 cm³/mol. The number of aromatic nitrogens is 1. The Morgan fingerprint density at radius 3 is 2.57 bits per heavy atom. The number of hydrogen-bond donors (Lipinski definition) is 4. The van der Waals surface area contributed by atoms with Crippen LogP contribution in [0.2, 0.25) is 10.0 Å². The molecular formula is C24H26Cl2N6O3. The summed E-state index contributed by atoms with van der Waals surface area (Å²) in [5.74, 6) is -0.780. The number of aliphatic imine (C=N–C) groups is 1. The smallest absolute Gasteiger partial charge is 0.270 e. The highest BCUT2D eigenvalue weighted by molar-refractivity contribution is 6.35. The van der Waals surface area contributed by atoms with E-state index in [0.717, 1.165) is 10.9 Å². The molecule has 9 nitrogen and oxygen atoms in total.